The van der Waals surface area contributed by atoms with Crippen LogP contribution in [0.25, 0.3) is 0 Å². The molecule has 1 aliphatic heterocycles. The number of nitrogens with one attached hydrogen (secondary N) is 1. The number of aliphatic hydroxyl groups is 1. The highest BCUT2D eigenvalue weighted by atomic mass is 32.2. The Kier molecular flexibility index (Phi) is 6.89. The number of carbonyl (C=O) groups is 2. The third-order valence-corrected chi connectivity index (χ3v) is 9.73. The summed E-state index contributed by atoms with van der Waals surface area (Å²) in [6, 6.07) is 6.87. The largest absolute Gasteiger partial charge is 0.430 e. The number of nitriles is 1. The molecule has 0 aromatic heterocycles. The van der Waals surface area contributed by atoms with Gasteiger partial charge in [0.1, 0.15) is 11.5 Å². The summed E-state index contributed by atoms with van der Waals surface area (Å²) in [6.45, 7) is -0.189. The van der Waals surface area contributed by atoms with Gasteiger partial charge in [-0.1, -0.05) is 18.2 Å². The molecule has 1 heterocycles. The number of hydrogen-bond donors (Lipinski definition) is 2. The fraction of sp³-hybridized carbons (Fsp3) is 0.444. The average Bonchev–Trinajstić information content (AvgIpc) is 3.84. The molecule has 15 heteroatoms. The van der Waals surface area contributed by atoms with Crippen LogP contribution in [0, 0.1) is 22.7 Å². The van der Waals surface area contributed by atoms with Crippen LogP contribution in [0.5, 0.6) is 0 Å². The Morgan fingerprint density at radius 3 is 2.12 bits per heavy atom. The van der Waals surface area contributed by atoms with Gasteiger partial charge < -0.3 is 15.3 Å². The SMILES string of the molecule is N#CC1(C(=O)N2Cc3cc(S(=O)(=O)CC4CC4)ccc3C2C(=O)Nc2ccc(C(O)(C(F)(F)F)C(F)(F)F)cc2)CC1. The Morgan fingerprint density at radius 1 is 1.02 bits per heavy atom. The second-order valence-electron chi connectivity index (χ2n) is 10.9. The molecule has 5 rings (SSSR count). The number of halogens is 6. The molecule has 2 fully saturated rings. The second-order valence-corrected chi connectivity index (χ2v) is 12.9. The molecule has 0 radical (unpaired) electrons. The molecule has 2 aromatic rings. The normalized spacial score (nSPS) is 20.0. The van der Waals surface area contributed by atoms with Gasteiger partial charge in [-0.05, 0) is 67.0 Å². The summed E-state index contributed by atoms with van der Waals surface area (Å²) < 4.78 is 105. The number of benzene rings is 2. The van der Waals surface area contributed by atoms with E-state index in [2.05, 4.69) is 5.32 Å². The third kappa shape index (κ3) is 5.00. The van der Waals surface area contributed by atoms with Crippen molar-refractivity contribution in [3.05, 3.63) is 59.2 Å². The van der Waals surface area contributed by atoms with Gasteiger partial charge in [-0.3, -0.25) is 9.59 Å². The van der Waals surface area contributed by atoms with Crippen molar-refractivity contribution in [2.75, 3.05) is 11.1 Å². The van der Waals surface area contributed by atoms with E-state index in [4.69, 9.17) is 0 Å². The monoisotopic (exact) mass is 615 g/mol. The minimum atomic E-state index is -6.09. The topological polar surface area (TPSA) is 128 Å². The van der Waals surface area contributed by atoms with Crippen molar-refractivity contribution < 1.29 is 49.5 Å². The maximum Gasteiger partial charge on any atom is 0.430 e. The van der Waals surface area contributed by atoms with Crippen LogP contribution in [0.15, 0.2) is 47.4 Å². The average molecular weight is 616 g/mol. The van der Waals surface area contributed by atoms with Gasteiger partial charge in [0.25, 0.3) is 11.5 Å². The fourth-order valence-corrected chi connectivity index (χ4v) is 6.80. The standard InChI is InChI=1S/C27H23F6N3O5S/c28-26(29,30)25(39,27(31,32)33)17-3-5-18(6-4-17)35-22(37)21-20-8-7-19(42(40,41)13-15-1-2-15)11-16(20)12-36(21)23(38)24(14-34)9-10-24/h3-8,11,15,21,39H,1-2,9-10,12-13H2,(H,35,37). The second kappa shape index (κ2) is 9.70. The van der Waals surface area contributed by atoms with Gasteiger partial charge in [-0.15, -0.1) is 0 Å². The molecule has 0 saturated heterocycles. The molecule has 2 aromatic carbocycles. The first kappa shape index (κ1) is 29.8. The lowest BCUT2D eigenvalue weighted by Gasteiger charge is -2.32. The Labute approximate surface area is 235 Å². The van der Waals surface area contributed by atoms with Crippen LogP contribution >= 0.6 is 0 Å². The lowest BCUT2D eigenvalue weighted by molar-refractivity contribution is -0.376. The van der Waals surface area contributed by atoms with Crippen molar-refractivity contribution in [2.24, 2.45) is 11.3 Å². The zero-order valence-corrected chi connectivity index (χ0v) is 22.4. The summed E-state index contributed by atoms with van der Waals surface area (Å²) in [7, 11) is -3.64. The van der Waals surface area contributed by atoms with E-state index in [-0.39, 0.29) is 47.2 Å². The molecule has 2 saturated carbocycles. The number of hydrogen-bond acceptors (Lipinski definition) is 6. The molecule has 2 N–H and O–H groups in total. The molecule has 1 atom stereocenters. The lowest BCUT2D eigenvalue weighted by Crippen LogP contribution is -2.53. The van der Waals surface area contributed by atoms with E-state index in [1.165, 1.54) is 18.2 Å². The molecule has 3 aliphatic rings. The molecule has 2 aliphatic carbocycles. The highest BCUT2D eigenvalue weighted by molar-refractivity contribution is 7.91. The zero-order valence-electron chi connectivity index (χ0n) is 21.6. The van der Waals surface area contributed by atoms with Gasteiger partial charge in [-0.2, -0.15) is 31.6 Å². The summed E-state index contributed by atoms with van der Waals surface area (Å²) in [6.07, 6.45) is -10.1. The molecule has 224 valence electrons. The summed E-state index contributed by atoms with van der Waals surface area (Å²) in [4.78, 5) is 27.9. The first-order chi connectivity index (χ1) is 19.4. The molecular formula is C27H23F6N3O5S. The predicted molar refractivity (Wildman–Crippen MR) is 133 cm³/mol. The van der Waals surface area contributed by atoms with Crippen LogP contribution in [0.2, 0.25) is 0 Å². The minimum absolute atomic E-state index is 0.0143. The Bertz CT molecular complexity index is 1580. The number of carbonyl (C=O) groups excluding carboxylic acids is 2. The van der Waals surface area contributed by atoms with E-state index in [1.807, 2.05) is 6.07 Å². The van der Waals surface area contributed by atoms with Crippen LogP contribution < -0.4 is 5.32 Å². The van der Waals surface area contributed by atoms with E-state index in [1.54, 1.807) is 0 Å². The summed E-state index contributed by atoms with van der Waals surface area (Å²) in [5, 5.41) is 21.5. The van der Waals surface area contributed by atoms with Crippen molar-refractivity contribution in [3.8, 4) is 6.07 Å². The number of rotatable bonds is 7. The van der Waals surface area contributed by atoms with E-state index >= 15 is 0 Å². The number of sulfone groups is 1. The molecular weight excluding hydrogens is 592 g/mol. The number of anilines is 1. The molecule has 0 bridgehead atoms. The highest BCUT2D eigenvalue weighted by Crippen LogP contribution is 2.51. The van der Waals surface area contributed by atoms with E-state index in [9.17, 15) is 54.7 Å². The minimum Gasteiger partial charge on any atom is -0.369 e. The molecule has 8 nitrogen and oxygen atoms in total. The first-order valence-corrected chi connectivity index (χ1v) is 14.4. The quantitative estimate of drug-likeness (QED) is 0.442. The number of nitrogens with zero attached hydrogens (tertiary/aromatic N) is 2. The number of alkyl halides is 6. The van der Waals surface area contributed by atoms with Gasteiger partial charge in [0, 0.05) is 17.8 Å². The maximum absolute atomic E-state index is 13.4. The summed E-state index contributed by atoms with van der Waals surface area (Å²) in [5.41, 5.74) is -7.63. The smallest absolute Gasteiger partial charge is 0.369 e. The molecule has 2 amide bonds. The Morgan fingerprint density at radius 2 is 1.62 bits per heavy atom. The van der Waals surface area contributed by atoms with E-state index < -0.39 is 56.6 Å². The van der Waals surface area contributed by atoms with Gasteiger partial charge in [0.15, 0.2) is 9.84 Å². The first-order valence-electron chi connectivity index (χ1n) is 12.8. The van der Waals surface area contributed by atoms with Crippen molar-refractivity contribution in [2.45, 2.75) is 61.1 Å². The van der Waals surface area contributed by atoms with Crippen LogP contribution in [-0.4, -0.2) is 48.3 Å². The van der Waals surface area contributed by atoms with Crippen LogP contribution in [0.3, 0.4) is 0 Å². The maximum atomic E-state index is 13.4. The van der Waals surface area contributed by atoms with Crippen LogP contribution in [-0.2, 0) is 31.6 Å². The van der Waals surface area contributed by atoms with E-state index in [0.29, 0.717) is 17.7 Å². The Balaban J connectivity index is 1.45. The Hall–Kier alpha value is -3.64. The summed E-state index contributed by atoms with van der Waals surface area (Å²) in [5.74, 6) is -1.51. The van der Waals surface area contributed by atoms with Gasteiger partial charge in [-0.25, -0.2) is 8.42 Å². The number of amides is 2. The van der Waals surface area contributed by atoms with Crippen molar-refractivity contribution in [1.82, 2.24) is 4.90 Å². The predicted octanol–water partition coefficient (Wildman–Crippen LogP) is 4.51. The summed E-state index contributed by atoms with van der Waals surface area (Å²) >= 11 is 0. The molecule has 0 spiro atoms. The fourth-order valence-electron chi connectivity index (χ4n) is 5.05. The van der Waals surface area contributed by atoms with Crippen molar-refractivity contribution >= 4 is 27.3 Å². The van der Waals surface area contributed by atoms with Crippen molar-refractivity contribution in [1.29, 1.82) is 5.26 Å². The third-order valence-electron chi connectivity index (χ3n) is 7.85. The van der Waals surface area contributed by atoms with Gasteiger partial charge >= 0.3 is 12.4 Å². The zero-order chi connectivity index (χ0) is 30.9. The van der Waals surface area contributed by atoms with Crippen LogP contribution in [0.1, 0.15) is 48.4 Å². The van der Waals surface area contributed by atoms with E-state index in [0.717, 1.165) is 29.9 Å². The van der Waals surface area contributed by atoms with Crippen molar-refractivity contribution in [3.63, 3.8) is 0 Å². The van der Waals surface area contributed by atoms with Crippen LogP contribution in [0.4, 0.5) is 32.0 Å². The highest BCUT2D eigenvalue weighted by Gasteiger charge is 2.71. The molecule has 42 heavy (non-hydrogen) atoms. The number of fused-ring (bicyclic) bond motifs is 1. The van der Waals surface area contributed by atoms with Gasteiger partial charge in [0.05, 0.1) is 16.7 Å². The lowest BCUT2D eigenvalue weighted by atomic mass is 9.92. The molecule has 1 unspecified atom stereocenters. The van der Waals surface area contributed by atoms with Gasteiger partial charge in [0.2, 0.25) is 5.91 Å².